The van der Waals surface area contributed by atoms with Crippen molar-refractivity contribution < 1.29 is 14.3 Å². The largest absolute Gasteiger partial charge is 0.486 e. The molecule has 0 unspecified atom stereocenters. The topological polar surface area (TPSA) is 68.6 Å². The molecule has 140 valence electrons. The molecule has 1 amide bonds. The van der Waals surface area contributed by atoms with Gasteiger partial charge in [-0.15, -0.1) is 0 Å². The van der Waals surface area contributed by atoms with Crippen molar-refractivity contribution in [3.63, 3.8) is 0 Å². The van der Waals surface area contributed by atoms with Gasteiger partial charge in [-0.3, -0.25) is 4.79 Å². The number of benzene rings is 1. The van der Waals surface area contributed by atoms with E-state index in [0.717, 1.165) is 10.9 Å². The Balaban J connectivity index is 1.72. The molecule has 27 heavy (non-hydrogen) atoms. The lowest BCUT2D eigenvalue weighted by Gasteiger charge is -2.22. The predicted molar refractivity (Wildman–Crippen MR) is 104 cm³/mol. The fourth-order valence-electron chi connectivity index (χ4n) is 2.97. The first-order chi connectivity index (χ1) is 13.0. The minimum Gasteiger partial charge on any atom is -0.486 e. The number of nitrogens with one attached hydrogen (secondary N) is 1. The fourth-order valence-corrected chi connectivity index (χ4v) is 3.17. The number of aromatic nitrogens is 2. The summed E-state index contributed by atoms with van der Waals surface area (Å²) in [6.07, 6.45) is 3.57. The first-order valence-electron chi connectivity index (χ1n) is 8.53. The Kier molecular flexibility index (Phi) is 4.53. The van der Waals surface area contributed by atoms with E-state index in [4.69, 9.17) is 21.1 Å². The summed E-state index contributed by atoms with van der Waals surface area (Å²) in [5.41, 5.74) is 1.52. The van der Waals surface area contributed by atoms with Crippen molar-refractivity contribution in [1.82, 2.24) is 14.5 Å². The molecule has 1 aliphatic rings. The van der Waals surface area contributed by atoms with Crippen LogP contribution in [-0.2, 0) is 11.3 Å². The number of hydrogen-bond donors (Lipinski definition) is 1. The molecule has 7 nitrogen and oxygen atoms in total. The van der Waals surface area contributed by atoms with E-state index in [1.54, 1.807) is 37.3 Å². The van der Waals surface area contributed by atoms with E-state index < -0.39 is 0 Å². The van der Waals surface area contributed by atoms with E-state index in [1.165, 1.54) is 0 Å². The summed E-state index contributed by atoms with van der Waals surface area (Å²) < 4.78 is 13.3. The van der Waals surface area contributed by atoms with Crippen LogP contribution in [0.25, 0.3) is 10.9 Å². The van der Waals surface area contributed by atoms with Crippen LogP contribution in [0.4, 0.5) is 11.5 Å². The van der Waals surface area contributed by atoms with E-state index in [0.29, 0.717) is 41.2 Å². The summed E-state index contributed by atoms with van der Waals surface area (Å²) in [6.45, 7) is 1.23. The third kappa shape index (κ3) is 3.26. The maximum Gasteiger partial charge on any atom is 0.241 e. The normalized spacial score (nSPS) is 12.9. The number of carbonyl (C=O) groups excluding carboxylic acids is 1. The Morgan fingerprint density at radius 2 is 2.07 bits per heavy atom. The smallest absolute Gasteiger partial charge is 0.241 e. The predicted octanol–water partition coefficient (Wildman–Crippen LogP) is 3.29. The van der Waals surface area contributed by atoms with Crippen LogP contribution in [0.15, 0.2) is 36.7 Å². The number of carbonyl (C=O) groups is 1. The fraction of sp³-hybridized carbons (Fsp3) is 0.263. The molecule has 0 aliphatic carbocycles. The molecule has 0 atom stereocenters. The summed E-state index contributed by atoms with van der Waals surface area (Å²) in [5.74, 6) is 1.88. The van der Waals surface area contributed by atoms with Gasteiger partial charge < -0.3 is 24.3 Å². The van der Waals surface area contributed by atoms with Gasteiger partial charge in [-0.2, -0.15) is 0 Å². The summed E-state index contributed by atoms with van der Waals surface area (Å²) in [6, 6.07) is 7.36. The second-order valence-electron chi connectivity index (χ2n) is 6.40. The Morgan fingerprint density at radius 1 is 1.26 bits per heavy atom. The number of likely N-dealkylation sites (N-methyl/N-ethyl adjacent to an activating group) is 1. The Labute approximate surface area is 161 Å². The highest BCUT2D eigenvalue weighted by Crippen LogP contribution is 2.43. The van der Waals surface area contributed by atoms with Gasteiger partial charge in [-0.05, 0) is 24.3 Å². The van der Waals surface area contributed by atoms with E-state index in [-0.39, 0.29) is 12.5 Å². The highest BCUT2D eigenvalue weighted by atomic mass is 35.5. The first kappa shape index (κ1) is 17.5. The minimum absolute atomic E-state index is 0.0181. The molecule has 1 aliphatic heterocycles. The summed E-state index contributed by atoms with van der Waals surface area (Å²) in [4.78, 5) is 18.1. The maximum atomic E-state index is 12.1. The van der Waals surface area contributed by atoms with Crippen molar-refractivity contribution in [2.24, 2.45) is 0 Å². The van der Waals surface area contributed by atoms with Gasteiger partial charge >= 0.3 is 0 Å². The lowest BCUT2D eigenvalue weighted by Crippen LogP contribution is -2.25. The molecule has 1 N–H and O–H groups in total. The third-order valence-corrected chi connectivity index (χ3v) is 4.72. The molecule has 0 radical (unpaired) electrons. The quantitative estimate of drug-likeness (QED) is 0.745. The Bertz CT molecular complexity index is 1020. The van der Waals surface area contributed by atoms with Crippen LogP contribution in [-0.4, -0.2) is 47.7 Å². The molecule has 8 heteroatoms. The Morgan fingerprint density at radius 3 is 2.89 bits per heavy atom. The van der Waals surface area contributed by atoms with Gasteiger partial charge in [0.15, 0.2) is 11.5 Å². The first-order valence-corrected chi connectivity index (χ1v) is 8.91. The Hall–Kier alpha value is -2.93. The van der Waals surface area contributed by atoms with Crippen LogP contribution in [0.3, 0.4) is 0 Å². The average molecular weight is 387 g/mol. The standard InChI is InChI=1S/C19H19ClN4O3/c1-23(2)16(25)11-24-8-6-12-14(24)5-7-21-19(12)22-17-13(20)3-4-15-18(17)27-10-9-26-15/h3-8H,9-11H2,1-2H3,(H,21,22). The number of halogens is 1. The van der Waals surface area contributed by atoms with Gasteiger partial charge in [0.2, 0.25) is 5.91 Å². The zero-order chi connectivity index (χ0) is 19.0. The van der Waals surface area contributed by atoms with E-state index >= 15 is 0 Å². The lowest BCUT2D eigenvalue weighted by molar-refractivity contribution is -0.129. The molecule has 0 fully saturated rings. The lowest BCUT2D eigenvalue weighted by atomic mass is 10.2. The van der Waals surface area contributed by atoms with Crippen LogP contribution in [0.5, 0.6) is 11.5 Å². The van der Waals surface area contributed by atoms with Crippen LogP contribution < -0.4 is 14.8 Å². The molecule has 0 bridgehead atoms. The van der Waals surface area contributed by atoms with Gasteiger partial charge in [0, 0.05) is 31.9 Å². The zero-order valence-corrected chi connectivity index (χ0v) is 15.8. The van der Waals surface area contributed by atoms with Crippen LogP contribution in [0.2, 0.25) is 5.02 Å². The molecule has 4 rings (SSSR count). The molecule has 0 spiro atoms. The van der Waals surface area contributed by atoms with Crippen molar-refractivity contribution in [3.8, 4) is 11.5 Å². The molecule has 1 aromatic carbocycles. The summed E-state index contributed by atoms with van der Waals surface area (Å²) in [5, 5.41) is 4.67. The third-order valence-electron chi connectivity index (χ3n) is 4.40. The number of amides is 1. The number of anilines is 2. The van der Waals surface area contributed by atoms with Crippen molar-refractivity contribution in [1.29, 1.82) is 0 Å². The zero-order valence-electron chi connectivity index (χ0n) is 15.0. The molecular weight excluding hydrogens is 368 g/mol. The van der Waals surface area contributed by atoms with Gasteiger partial charge in [0.25, 0.3) is 0 Å². The van der Waals surface area contributed by atoms with Gasteiger partial charge in [0.1, 0.15) is 31.3 Å². The highest BCUT2D eigenvalue weighted by Gasteiger charge is 2.20. The summed E-state index contributed by atoms with van der Waals surface area (Å²) >= 11 is 6.39. The average Bonchev–Trinajstić information content (AvgIpc) is 3.08. The molecular formula is C19H19ClN4O3. The number of rotatable bonds is 4. The van der Waals surface area contributed by atoms with Crippen LogP contribution in [0.1, 0.15) is 0 Å². The van der Waals surface area contributed by atoms with E-state index in [1.807, 2.05) is 22.9 Å². The van der Waals surface area contributed by atoms with Crippen LogP contribution >= 0.6 is 11.6 Å². The second-order valence-corrected chi connectivity index (χ2v) is 6.80. The monoisotopic (exact) mass is 386 g/mol. The number of fused-ring (bicyclic) bond motifs is 2. The van der Waals surface area contributed by atoms with Crippen molar-refractivity contribution in [2.75, 3.05) is 32.6 Å². The van der Waals surface area contributed by atoms with Gasteiger partial charge in [-0.1, -0.05) is 11.6 Å². The number of hydrogen-bond acceptors (Lipinski definition) is 5. The molecule has 3 aromatic rings. The molecule has 3 heterocycles. The van der Waals surface area contributed by atoms with Gasteiger partial charge in [-0.25, -0.2) is 4.98 Å². The van der Waals surface area contributed by atoms with Crippen molar-refractivity contribution in [3.05, 3.63) is 41.7 Å². The van der Waals surface area contributed by atoms with Crippen LogP contribution in [0, 0.1) is 0 Å². The SMILES string of the molecule is CN(C)C(=O)Cn1ccc2c(Nc3c(Cl)ccc4c3OCCO4)nccc21. The van der Waals surface area contributed by atoms with Crippen molar-refractivity contribution in [2.45, 2.75) is 6.54 Å². The molecule has 0 saturated heterocycles. The number of pyridine rings is 1. The summed E-state index contributed by atoms with van der Waals surface area (Å²) in [7, 11) is 3.48. The van der Waals surface area contributed by atoms with E-state index in [9.17, 15) is 4.79 Å². The second kappa shape index (κ2) is 7.00. The molecule has 0 saturated carbocycles. The minimum atomic E-state index is 0.0181. The highest BCUT2D eigenvalue weighted by molar-refractivity contribution is 6.34. The number of ether oxygens (including phenoxy) is 2. The number of nitrogens with zero attached hydrogens (tertiary/aromatic N) is 3. The van der Waals surface area contributed by atoms with E-state index in [2.05, 4.69) is 10.3 Å². The molecule has 2 aromatic heterocycles. The maximum absolute atomic E-state index is 12.1. The van der Waals surface area contributed by atoms with Crippen molar-refractivity contribution >= 4 is 39.9 Å². The van der Waals surface area contributed by atoms with Gasteiger partial charge in [0.05, 0.1) is 10.5 Å².